The number of hydrogen-bond acceptors (Lipinski definition) is 2. The summed E-state index contributed by atoms with van der Waals surface area (Å²) in [5.41, 5.74) is 0.146. The highest BCUT2D eigenvalue weighted by atomic mass is 19.1. The SMILES string of the molecule is CCN(CCC(=O)O)C(=O)CCc1cc(F)ccc1F. The molecule has 1 aromatic carbocycles. The van der Waals surface area contributed by atoms with Gasteiger partial charge in [0.05, 0.1) is 6.42 Å². The van der Waals surface area contributed by atoms with Crippen molar-refractivity contribution in [2.24, 2.45) is 0 Å². The van der Waals surface area contributed by atoms with Crippen molar-refractivity contribution in [3.63, 3.8) is 0 Å². The van der Waals surface area contributed by atoms with Crippen LogP contribution in [0.15, 0.2) is 18.2 Å². The normalized spacial score (nSPS) is 10.3. The molecule has 0 bridgehead atoms. The summed E-state index contributed by atoms with van der Waals surface area (Å²) < 4.78 is 26.4. The van der Waals surface area contributed by atoms with Crippen LogP contribution in [0.25, 0.3) is 0 Å². The van der Waals surface area contributed by atoms with Crippen molar-refractivity contribution in [1.29, 1.82) is 0 Å². The van der Waals surface area contributed by atoms with E-state index in [-0.39, 0.29) is 37.3 Å². The average molecular weight is 285 g/mol. The molecular weight excluding hydrogens is 268 g/mol. The van der Waals surface area contributed by atoms with E-state index in [0.717, 1.165) is 18.2 Å². The van der Waals surface area contributed by atoms with Gasteiger partial charge in [-0.2, -0.15) is 0 Å². The molecule has 0 saturated carbocycles. The number of nitrogens with zero attached hydrogens (tertiary/aromatic N) is 1. The zero-order valence-corrected chi connectivity index (χ0v) is 11.2. The van der Waals surface area contributed by atoms with E-state index in [0.29, 0.717) is 6.54 Å². The van der Waals surface area contributed by atoms with Crippen molar-refractivity contribution in [2.45, 2.75) is 26.2 Å². The van der Waals surface area contributed by atoms with E-state index >= 15 is 0 Å². The third-order valence-corrected chi connectivity index (χ3v) is 2.95. The second-order valence-corrected chi connectivity index (χ2v) is 4.35. The Balaban J connectivity index is 2.56. The highest BCUT2D eigenvalue weighted by molar-refractivity contribution is 5.77. The summed E-state index contributed by atoms with van der Waals surface area (Å²) in [6, 6.07) is 3.11. The first kappa shape index (κ1) is 16.1. The van der Waals surface area contributed by atoms with Gasteiger partial charge in [0, 0.05) is 19.5 Å². The number of carboxylic acids is 1. The highest BCUT2D eigenvalue weighted by Gasteiger charge is 2.14. The Morgan fingerprint density at radius 2 is 1.95 bits per heavy atom. The first-order valence-corrected chi connectivity index (χ1v) is 6.37. The summed E-state index contributed by atoms with van der Waals surface area (Å²) in [4.78, 5) is 23.7. The Kier molecular flexibility index (Phi) is 6.09. The second-order valence-electron chi connectivity index (χ2n) is 4.35. The molecule has 0 spiro atoms. The van der Waals surface area contributed by atoms with Crippen LogP contribution < -0.4 is 0 Å². The minimum Gasteiger partial charge on any atom is -0.481 e. The van der Waals surface area contributed by atoms with Gasteiger partial charge >= 0.3 is 5.97 Å². The first-order valence-electron chi connectivity index (χ1n) is 6.37. The Hall–Kier alpha value is -1.98. The largest absolute Gasteiger partial charge is 0.481 e. The van der Waals surface area contributed by atoms with Crippen LogP contribution in [0, 0.1) is 11.6 Å². The van der Waals surface area contributed by atoms with Crippen molar-refractivity contribution in [1.82, 2.24) is 4.90 Å². The Bertz CT molecular complexity index is 491. The molecular formula is C14H17F2NO3. The highest BCUT2D eigenvalue weighted by Crippen LogP contribution is 2.12. The summed E-state index contributed by atoms with van der Waals surface area (Å²) in [6.07, 6.45) is -0.0201. The lowest BCUT2D eigenvalue weighted by Crippen LogP contribution is -2.33. The molecule has 4 nitrogen and oxygen atoms in total. The van der Waals surface area contributed by atoms with Gasteiger partial charge in [-0.25, -0.2) is 8.78 Å². The van der Waals surface area contributed by atoms with Crippen LogP contribution >= 0.6 is 0 Å². The summed E-state index contributed by atoms with van der Waals surface area (Å²) >= 11 is 0. The number of carboxylic acid groups (broad SMARTS) is 1. The predicted molar refractivity (Wildman–Crippen MR) is 69.2 cm³/mol. The van der Waals surface area contributed by atoms with Crippen molar-refractivity contribution in [3.8, 4) is 0 Å². The van der Waals surface area contributed by atoms with Gasteiger partial charge in [0.2, 0.25) is 5.91 Å². The summed E-state index contributed by atoms with van der Waals surface area (Å²) in [6.45, 7) is 2.25. The third-order valence-electron chi connectivity index (χ3n) is 2.95. The summed E-state index contributed by atoms with van der Waals surface area (Å²) in [7, 11) is 0. The molecule has 0 aliphatic rings. The number of carbonyl (C=O) groups is 2. The van der Waals surface area contributed by atoms with Crippen molar-refractivity contribution < 1.29 is 23.5 Å². The lowest BCUT2D eigenvalue weighted by atomic mass is 10.1. The number of benzene rings is 1. The summed E-state index contributed by atoms with van der Waals surface area (Å²) in [5.74, 6) is -2.34. The van der Waals surface area contributed by atoms with Crippen molar-refractivity contribution >= 4 is 11.9 Å². The molecule has 110 valence electrons. The molecule has 0 aliphatic carbocycles. The molecule has 1 amide bonds. The van der Waals surface area contributed by atoms with Gasteiger partial charge in [0.15, 0.2) is 0 Å². The molecule has 0 atom stereocenters. The molecule has 0 heterocycles. The fourth-order valence-corrected chi connectivity index (χ4v) is 1.82. The third kappa shape index (κ3) is 4.95. The Labute approximate surface area is 116 Å². The molecule has 0 unspecified atom stereocenters. The smallest absolute Gasteiger partial charge is 0.305 e. The van der Waals surface area contributed by atoms with Crippen LogP contribution in [0.2, 0.25) is 0 Å². The molecule has 1 rings (SSSR count). The number of aryl methyl sites for hydroxylation is 1. The number of amides is 1. The number of rotatable bonds is 7. The second kappa shape index (κ2) is 7.57. The Morgan fingerprint density at radius 3 is 2.55 bits per heavy atom. The standard InChI is InChI=1S/C14H17F2NO3/c1-2-17(8-7-14(19)20)13(18)6-3-10-9-11(15)4-5-12(10)16/h4-5,9H,2-3,6-8H2,1H3,(H,19,20). The van der Waals surface area contributed by atoms with Crippen LogP contribution in [-0.2, 0) is 16.0 Å². The van der Waals surface area contributed by atoms with Gasteiger partial charge in [0.25, 0.3) is 0 Å². The molecule has 0 aliphatic heterocycles. The van der Waals surface area contributed by atoms with E-state index in [1.54, 1.807) is 6.92 Å². The van der Waals surface area contributed by atoms with Gasteiger partial charge in [0.1, 0.15) is 11.6 Å². The zero-order valence-electron chi connectivity index (χ0n) is 11.2. The van der Waals surface area contributed by atoms with Gasteiger partial charge in [-0.05, 0) is 37.1 Å². The average Bonchev–Trinajstić information content (AvgIpc) is 2.40. The maximum atomic E-state index is 13.4. The molecule has 20 heavy (non-hydrogen) atoms. The van der Waals surface area contributed by atoms with E-state index in [2.05, 4.69) is 0 Å². The van der Waals surface area contributed by atoms with Crippen LogP contribution in [0.3, 0.4) is 0 Å². The number of halogens is 2. The fraction of sp³-hybridized carbons (Fsp3) is 0.429. The van der Waals surface area contributed by atoms with Gasteiger partial charge in [-0.15, -0.1) is 0 Å². The van der Waals surface area contributed by atoms with E-state index in [1.165, 1.54) is 4.90 Å². The van der Waals surface area contributed by atoms with E-state index in [4.69, 9.17) is 5.11 Å². The van der Waals surface area contributed by atoms with Gasteiger partial charge in [-0.1, -0.05) is 0 Å². The molecule has 1 aromatic rings. The van der Waals surface area contributed by atoms with E-state index < -0.39 is 17.6 Å². The quantitative estimate of drug-likeness (QED) is 0.835. The Morgan fingerprint density at radius 1 is 1.25 bits per heavy atom. The number of hydrogen-bond donors (Lipinski definition) is 1. The molecule has 1 N–H and O–H groups in total. The number of carbonyl (C=O) groups excluding carboxylic acids is 1. The lowest BCUT2D eigenvalue weighted by Gasteiger charge is -2.20. The predicted octanol–water partition coefficient (Wildman–Crippen LogP) is 2.22. The van der Waals surface area contributed by atoms with Gasteiger partial charge < -0.3 is 10.0 Å². The van der Waals surface area contributed by atoms with Gasteiger partial charge in [-0.3, -0.25) is 9.59 Å². The zero-order chi connectivity index (χ0) is 15.1. The maximum absolute atomic E-state index is 13.4. The molecule has 0 aromatic heterocycles. The fourth-order valence-electron chi connectivity index (χ4n) is 1.82. The molecule has 0 saturated heterocycles. The van der Waals surface area contributed by atoms with E-state index in [9.17, 15) is 18.4 Å². The first-order chi connectivity index (χ1) is 9.43. The molecule has 0 fully saturated rings. The summed E-state index contributed by atoms with van der Waals surface area (Å²) in [5, 5.41) is 8.59. The topological polar surface area (TPSA) is 57.6 Å². The monoisotopic (exact) mass is 285 g/mol. The van der Waals surface area contributed by atoms with Crippen LogP contribution in [0.1, 0.15) is 25.3 Å². The minimum atomic E-state index is -0.979. The minimum absolute atomic E-state index is 0.0217. The van der Waals surface area contributed by atoms with Crippen LogP contribution in [-0.4, -0.2) is 35.0 Å². The van der Waals surface area contributed by atoms with Crippen molar-refractivity contribution in [2.75, 3.05) is 13.1 Å². The molecule has 6 heteroatoms. The van der Waals surface area contributed by atoms with E-state index in [1.807, 2.05) is 0 Å². The lowest BCUT2D eigenvalue weighted by molar-refractivity contribution is -0.138. The number of aliphatic carboxylic acids is 1. The van der Waals surface area contributed by atoms with Crippen molar-refractivity contribution in [3.05, 3.63) is 35.4 Å². The van der Waals surface area contributed by atoms with Crippen LogP contribution in [0.5, 0.6) is 0 Å². The van der Waals surface area contributed by atoms with Crippen LogP contribution in [0.4, 0.5) is 8.78 Å². The maximum Gasteiger partial charge on any atom is 0.305 e. The molecule has 0 radical (unpaired) electrons.